The Balaban J connectivity index is -0.000000624. The molecule has 0 atom stereocenters. The van der Waals surface area contributed by atoms with E-state index >= 15 is 0 Å². The molecule has 6 heterocycles. The molecule has 0 spiro atoms. The maximum atomic E-state index is 11.7. The molecule has 0 aliphatic carbocycles. The van der Waals surface area contributed by atoms with Gasteiger partial charge in [-0.15, -0.1) is 0 Å². The predicted octanol–water partition coefficient (Wildman–Crippen LogP) is 16.6. The lowest BCUT2D eigenvalue weighted by Gasteiger charge is -2.38. The van der Waals surface area contributed by atoms with E-state index in [0.717, 1.165) is 221 Å². The molecule has 6 aliphatic rings. The first-order chi connectivity index (χ1) is 55.2. The number of morpholine rings is 2. The third-order valence-electron chi connectivity index (χ3n) is 19.5. The van der Waals surface area contributed by atoms with Gasteiger partial charge in [0.1, 0.15) is 34.7 Å². The molecule has 6 aliphatic heterocycles. The van der Waals surface area contributed by atoms with E-state index in [4.69, 9.17) is 9.47 Å². The highest BCUT2D eigenvalue weighted by Gasteiger charge is 2.34. The minimum Gasteiger partial charge on any atom is -0.385 e. The van der Waals surface area contributed by atoms with Gasteiger partial charge in [-0.3, -0.25) is 53.2 Å². The van der Waals surface area contributed by atoms with Crippen molar-refractivity contribution in [2.45, 2.75) is 269 Å². The minimum atomic E-state index is -0.695. The molecule has 0 bridgehead atoms. The quantitative estimate of drug-likeness (QED) is 0.0728. The maximum absolute atomic E-state index is 11.7. The maximum Gasteiger partial charge on any atom is 0.219 e. The van der Waals surface area contributed by atoms with Gasteiger partial charge in [0.25, 0.3) is 0 Å². The van der Waals surface area contributed by atoms with Crippen LogP contribution in [-0.2, 0) is 48.6 Å². The summed E-state index contributed by atoms with van der Waals surface area (Å²) in [7, 11) is 2.15. The molecular weight excluding hydrogens is 1450 g/mol. The highest BCUT2D eigenvalue weighted by molar-refractivity contribution is 5.82. The molecule has 0 unspecified atom stereocenters. The van der Waals surface area contributed by atoms with Crippen molar-refractivity contribution >= 4 is 46.3 Å². The van der Waals surface area contributed by atoms with Crippen molar-refractivity contribution in [3.05, 3.63) is 66.2 Å². The van der Waals surface area contributed by atoms with E-state index in [2.05, 4.69) is 165 Å². The molecule has 6 saturated heterocycles. The highest BCUT2D eigenvalue weighted by Crippen LogP contribution is 2.33. The SMILES string of the molecule is CC(=O)N1CCN(CCC(=O)C(C)C)CC1.CC(C)C(=O)CCN1CCC(O)(c2ccccc2)CC1.CC(C)C(=O)CCN1CCN(C)CC1.CC(C)C(=O)CCN1CCN(c2ccccc2)CC1.CC(C)C(=O)CCN1CCOCC1.CC(C)C(=O)CCNCCN1CCOCC1.CCC.CCC.CCC.CCC.CCC.CCC. The molecule has 2 aromatic rings. The first kappa shape index (κ1) is 118. The number of aliphatic hydroxyl groups is 1. The molecule has 20 nitrogen and oxygen atoms in total. The average molecular weight is 1640 g/mol. The van der Waals surface area contributed by atoms with Crippen LogP contribution in [0.25, 0.3) is 0 Å². The second-order valence-corrected chi connectivity index (χ2v) is 33.5. The van der Waals surface area contributed by atoms with Crippen LogP contribution in [0.5, 0.6) is 0 Å². The minimum absolute atomic E-state index is 0.126. The molecule has 2 aromatic carbocycles. The molecule has 0 saturated carbocycles. The van der Waals surface area contributed by atoms with Gasteiger partial charge in [-0.2, -0.15) is 0 Å². The van der Waals surface area contributed by atoms with E-state index < -0.39 is 5.60 Å². The number of carbonyl (C=O) groups is 7. The first-order valence-corrected chi connectivity index (χ1v) is 46.0. The molecular formula is C96H184N10O10. The number of hydrogen-bond acceptors (Lipinski definition) is 19. The number of ketones is 6. The standard InChI is InChI=1S/C17H25NO2.C16H24N2O.C12H22N2O2.C12H24N2O2.C11H22N2O.C10H19NO2.6C3H8/c1-14(2)16(19)8-11-18-12-9-17(20,10-13-18)15-6-4-3-5-7-15;1-14(2)16(19)8-9-17-10-12-18(13-11-17)15-6-4-3-5-7-15;1-10(2)12(16)4-5-13-6-8-14(9-7-13)11(3)15;1-11(2)12(15)3-4-13-5-6-14-7-9-16-10-8-14;1-10(2)11(14)4-5-13-8-6-12(3)7-9-13;1-9(2)10(12)3-4-11-5-7-13-8-6-11;6*1-3-2/h3-7,14,20H,8-13H2,1-2H3;3-7,14H,8-13H2,1-2H3;10H,4-9H2,1-3H3;11,13H,3-10H2,1-2H3;10H,4-9H2,1-3H3;9H,3-8H2,1-2H3;6*3H2,1-2H3. The Kier molecular flexibility index (Phi) is 78.7. The number of rotatable bonds is 29. The first-order valence-electron chi connectivity index (χ1n) is 46.0. The van der Waals surface area contributed by atoms with Gasteiger partial charge in [0.05, 0.1) is 32.0 Å². The van der Waals surface area contributed by atoms with Gasteiger partial charge >= 0.3 is 0 Å². The number of para-hydroxylation sites is 1. The Morgan fingerprint density at radius 3 is 0.905 bits per heavy atom. The number of amides is 1. The summed E-state index contributed by atoms with van der Waals surface area (Å²) in [6.07, 6.45) is 13.0. The number of likely N-dealkylation sites (tertiary alicyclic amines) is 1. The second-order valence-electron chi connectivity index (χ2n) is 33.5. The fourth-order valence-electron chi connectivity index (χ4n) is 11.7. The van der Waals surface area contributed by atoms with E-state index in [1.165, 1.54) is 44.2 Å². The van der Waals surface area contributed by atoms with E-state index in [9.17, 15) is 38.7 Å². The van der Waals surface area contributed by atoms with Gasteiger partial charge in [-0.05, 0) is 37.6 Å². The predicted molar refractivity (Wildman–Crippen MR) is 494 cm³/mol. The van der Waals surface area contributed by atoms with Crippen molar-refractivity contribution in [1.82, 2.24) is 44.5 Å². The Hall–Kier alpha value is -4.71. The number of carbonyl (C=O) groups excluding carboxylic acids is 7. The zero-order valence-electron chi connectivity index (χ0n) is 80.0. The van der Waals surface area contributed by atoms with E-state index in [1.807, 2.05) is 118 Å². The Morgan fingerprint density at radius 2 is 0.603 bits per heavy atom. The van der Waals surface area contributed by atoms with Crippen LogP contribution in [-0.4, -0.2) is 289 Å². The fourth-order valence-corrected chi connectivity index (χ4v) is 11.7. The van der Waals surface area contributed by atoms with E-state index in [0.29, 0.717) is 66.8 Å². The summed E-state index contributed by atoms with van der Waals surface area (Å²) in [6, 6.07) is 20.5. The van der Waals surface area contributed by atoms with Crippen molar-refractivity contribution in [2.75, 3.05) is 209 Å². The van der Waals surface area contributed by atoms with Gasteiger partial charge in [-0.25, -0.2) is 0 Å². The van der Waals surface area contributed by atoms with Crippen LogP contribution in [0.15, 0.2) is 60.7 Å². The molecule has 2 N–H and O–H groups in total. The van der Waals surface area contributed by atoms with E-state index in [-0.39, 0.29) is 41.4 Å². The smallest absolute Gasteiger partial charge is 0.219 e. The normalized spacial score (nSPS) is 16.6. The Bertz CT molecular complexity index is 2590. The van der Waals surface area contributed by atoms with Crippen molar-refractivity contribution in [2.24, 2.45) is 35.5 Å². The van der Waals surface area contributed by atoms with Crippen LogP contribution in [0.2, 0.25) is 0 Å². The largest absolute Gasteiger partial charge is 0.385 e. The lowest BCUT2D eigenvalue weighted by molar-refractivity contribution is -0.131. The van der Waals surface area contributed by atoms with Gasteiger partial charge in [-0.1, -0.05) is 253 Å². The van der Waals surface area contributed by atoms with Crippen molar-refractivity contribution in [3.8, 4) is 0 Å². The number of nitrogens with one attached hydrogen (secondary N) is 1. The summed E-state index contributed by atoms with van der Waals surface area (Å²) in [5, 5.41) is 14.0. The highest BCUT2D eigenvalue weighted by atomic mass is 16.5. The molecule has 0 aromatic heterocycles. The third kappa shape index (κ3) is 65.1. The molecule has 116 heavy (non-hydrogen) atoms. The number of hydrogen-bond donors (Lipinski definition) is 2. The van der Waals surface area contributed by atoms with Crippen LogP contribution in [0.1, 0.15) is 269 Å². The topological polar surface area (TPSA) is 199 Å². The summed E-state index contributed by atoms with van der Waals surface area (Å²) < 4.78 is 10.5. The summed E-state index contributed by atoms with van der Waals surface area (Å²) in [5.41, 5.74) is 1.62. The van der Waals surface area contributed by atoms with Crippen LogP contribution in [0, 0.1) is 35.5 Å². The molecule has 6 fully saturated rings. The third-order valence-corrected chi connectivity index (χ3v) is 19.5. The number of piperazine rings is 3. The van der Waals surface area contributed by atoms with Crippen molar-refractivity contribution in [3.63, 3.8) is 0 Å². The van der Waals surface area contributed by atoms with Gasteiger partial charge in [0.2, 0.25) is 5.91 Å². The van der Waals surface area contributed by atoms with Gasteiger partial charge in [0, 0.05) is 257 Å². The van der Waals surface area contributed by atoms with Crippen molar-refractivity contribution in [1.29, 1.82) is 0 Å². The lowest BCUT2D eigenvalue weighted by atomic mass is 9.84. The van der Waals surface area contributed by atoms with Crippen LogP contribution in [0.4, 0.5) is 5.69 Å². The summed E-state index contributed by atoms with van der Waals surface area (Å²) >= 11 is 0. The number of likely N-dealkylation sites (N-methyl/N-ethyl adjacent to an activating group) is 1. The number of piperidine rings is 1. The van der Waals surface area contributed by atoms with Crippen molar-refractivity contribution < 1.29 is 48.1 Å². The Labute approximate surface area is 714 Å². The number of ether oxygens (including phenoxy) is 2. The zero-order chi connectivity index (χ0) is 88.7. The number of Topliss-reactive ketones (excluding diaryl/α,β-unsaturated/α-hetero) is 6. The fraction of sp³-hybridized carbons (Fsp3) is 0.802. The van der Waals surface area contributed by atoms with Crippen LogP contribution in [0.3, 0.4) is 0 Å². The monoisotopic (exact) mass is 1640 g/mol. The summed E-state index contributed by atoms with van der Waals surface area (Å²) in [4.78, 5) is 101. The zero-order valence-corrected chi connectivity index (χ0v) is 80.0. The van der Waals surface area contributed by atoms with E-state index in [1.54, 1.807) is 6.92 Å². The molecule has 0 radical (unpaired) electrons. The Morgan fingerprint density at radius 1 is 0.345 bits per heavy atom. The molecule has 1 amide bonds. The van der Waals surface area contributed by atoms with Crippen LogP contribution >= 0.6 is 0 Å². The van der Waals surface area contributed by atoms with Gasteiger partial charge < -0.3 is 44.4 Å². The van der Waals surface area contributed by atoms with Gasteiger partial charge in [0.15, 0.2) is 0 Å². The molecule has 8 rings (SSSR count). The number of anilines is 1. The second kappa shape index (κ2) is 77.6. The van der Waals surface area contributed by atoms with Crippen LogP contribution < -0.4 is 10.2 Å². The number of nitrogens with zero attached hydrogens (tertiary/aromatic N) is 9. The average Bonchev–Trinajstić information content (AvgIpc) is 0.814. The summed E-state index contributed by atoms with van der Waals surface area (Å²) in [5.74, 6) is 3.27. The molecule has 678 valence electrons. The molecule has 20 heteroatoms. The number of benzene rings is 2. The summed E-state index contributed by atoms with van der Waals surface area (Å²) in [6.45, 7) is 79.1. The lowest BCUT2D eigenvalue weighted by Crippen LogP contribution is -2.48.